The third-order valence-electron chi connectivity index (χ3n) is 3.21. The number of rotatable bonds is 5. The highest BCUT2D eigenvalue weighted by Gasteiger charge is 2.08. The number of anilines is 2. The van der Waals surface area contributed by atoms with Crippen LogP contribution in [0.2, 0.25) is 0 Å². The van der Waals surface area contributed by atoms with Crippen molar-refractivity contribution < 1.29 is 9.59 Å². The van der Waals surface area contributed by atoms with Gasteiger partial charge in [0.25, 0.3) is 0 Å². The summed E-state index contributed by atoms with van der Waals surface area (Å²) in [6, 6.07) is 16.4. The van der Waals surface area contributed by atoms with Crippen LogP contribution < -0.4 is 16.0 Å². The van der Waals surface area contributed by atoms with Crippen LogP contribution in [0.5, 0.6) is 0 Å². The molecule has 0 aliphatic heterocycles. The van der Waals surface area contributed by atoms with Crippen molar-refractivity contribution in [2.24, 2.45) is 5.92 Å². The Morgan fingerprint density at radius 2 is 1.57 bits per heavy atom. The van der Waals surface area contributed by atoms with Gasteiger partial charge in [-0.3, -0.25) is 4.79 Å². The van der Waals surface area contributed by atoms with E-state index in [-0.39, 0.29) is 17.9 Å². The Kier molecular flexibility index (Phi) is 5.74. The highest BCUT2D eigenvalue weighted by atomic mass is 16.2. The molecule has 0 saturated carbocycles. The minimum atomic E-state index is -0.291. The largest absolute Gasteiger partial charge is 0.334 e. The molecule has 3 N–H and O–H groups in total. The first kappa shape index (κ1) is 16.5. The Hall–Kier alpha value is -2.82. The highest BCUT2D eigenvalue weighted by molar-refractivity contribution is 5.94. The van der Waals surface area contributed by atoms with Gasteiger partial charge in [-0.15, -0.1) is 0 Å². The minimum absolute atomic E-state index is 0.0596. The molecule has 2 rings (SSSR count). The third-order valence-corrected chi connectivity index (χ3v) is 3.21. The first-order valence-electron chi connectivity index (χ1n) is 7.54. The van der Waals surface area contributed by atoms with Crippen molar-refractivity contribution in [1.29, 1.82) is 0 Å². The monoisotopic (exact) mass is 311 g/mol. The van der Waals surface area contributed by atoms with Crippen LogP contribution in [-0.2, 0) is 11.3 Å². The van der Waals surface area contributed by atoms with Gasteiger partial charge in [0.15, 0.2) is 0 Å². The second-order valence-electron chi connectivity index (χ2n) is 5.52. The summed E-state index contributed by atoms with van der Waals surface area (Å²) in [6.07, 6.45) is 0. The summed E-state index contributed by atoms with van der Waals surface area (Å²) in [5, 5.41) is 8.34. The van der Waals surface area contributed by atoms with E-state index in [0.717, 1.165) is 5.56 Å². The lowest BCUT2D eigenvalue weighted by Crippen LogP contribution is -2.28. The molecule has 0 bridgehead atoms. The molecule has 0 saturated heterocycles. The molecule has 3 amide bonds. The van der Waals surface area contributed by atoms with E-state index in [2.05, 4.69) is 16.0 Å². The third kappa shape index (κ3) is 5.47. The molecule has 0 spiro atoms. The fourth-order valence-corrected chi connectivity index (χ4v) is 1.91. The van der Waals surface area contributed by atoms with Crippen LogP contribution in [0.1, 0.15) is 19.4 Å². The van der Waals surface area contributed by atoms with Crippen LogP contribution in [0.15, 0.2) is 54.6 Å². The number of hydrogen-bond acceptors (Lipinski definition) is 2. The van der Waals surface area contributed by atoms with Crippen LogP contribution >= 0.6 is 0 Å². The SMILES string of the molecule is CC(C)C(=O)Nc1cccc(NC(=O)NCc2ccccc2)c1. The summed E-state index contributed by atoms with van der Waals surface area (Å²) in [7, 11) is 0. The molecule has 0 aromatic heterocycles. The van der Waals surface area contributed by atoms with Crippen molar-refractivity contribution in [3.63, 3.8) is 0 Å². The number of nitrogens with one attached hydrogen (secondary N) is 3. The Balaban J connectivity index is 1.89. The van der Waals surface area contributed by atoms with Crippen molar-refractivity contribution in [1.82, 2.24) is 5.32 Å². The first-order chi connectivity index (χ1) is 11.0. The van der Waals surface area contributed by atoms with Crippen molar-refractivity contribution >= 4 is 23.3 Å². The van der Waals surface area contributed by atoms with E-state index < -0.39 is 0 Å². The maximum atomic E-state index is 11.9. The maximum Gasteiger partial charge on any atom is 0.319 e. The van der Waals surface area contributed by atoms with E-state index in [9.17, 15) is 9.59 Å². The number of carbonyl (C=O) groups is 2. The highest BCUT2D eigenvalue weighted by Crippen LogP contribution is 2.15. The molecule has 5 nitrogen and oxygen atoms in total. The Morgan fingerprint density at radius 1 is 0.913 bits per heavy atom. The fourth-order valence-electron chi connectivity index (χ4n) is 1.91. The molecule has 0 radical (unpaired) electrons. The van der Waals surface area contributed by atoms with Gasteiger partial charge in [-0.1, -0.05) is 50.2 Å². The quantitative estimate of drug-likeness (QED) is 0.789. The molecule has 0 unspecified atom stereocenters. The second kappa shape index (κ2) is 7.98. The molecular weight excluding hydrogens is 290 g/mol. The molecule has 0 aliphatic rings. The molecular formula is C18H21N3O2. The maximum absolute atomic E-state index is 11.9. The average molecular weight is 311 g/mol. The van der Waals surface area contributed by atoms with Gasteiger partial charge in [-0.2, -0.15) is 0 Å². The van der Waals surface area contributed by atoms with Gasteiger partial charge >= 0.3 is 6.03 Å². The zero-order valence-corrected chi connectivity index (χ0v) is 13.3. The van der Waals surface area contributed by atoms with Crippen LogP contribution in [0.4, 0.5) is 16.2 Å². The van der Waals surface area contributed by atoms with Gasteiger partial charge in [0, 0.05) is 23.8 Å². The fraction of sp³-hybridized carbons (Fsp3) is 0.222. The van der Waals surface area contributed by atoms with Gasteiger partial charge in [0.1, 0.15) is 0 Å². The molecule has 23 heavy (non-hydrogen) atoms. The lowest BCUT2D eigenvalue weighted by atomic mass is 10.2. The average Bonchev–Trinajstić information content (AvgIpc) is 2.54. The van der Waals surface area contributed by atoms with Crippen molar-refractivity contribution in [2.45, 2.75) is 20.4 Å². The van der Waals surface area contributed by atoms with E-state index >= 15 is 0 Å². The standard InChI is InChI=1S/C18H21N3O2/c1-13(2)17(22)20-15-9-6-10-16(11-15)21-18(23)19-12-14-7-4-3-5-8-14/h3-11,13H,12H2,1-2H3,(H,20,22)(H2,19,21,23). The predicted octanol–water partition coefficient (Wildman–Crippen LogP) is 3.60. The van der Waals surface area contributed by atoms with Crippen LogP contribution in [0, 0.1) is 5.92 Å². The van der Waals surface area contributed by atoms with Crippen molar-refractivity contribution in [3.8, 4) is 0 Å². The molecule has 0 atom stereocenters. The van der Waals surface area contributed by atoms with E-state index in [1.165, 1.54) is 0 Å². The summed E-state index contributed by atoms with van der Waals surface area (Å²) in [5.41, 5.74) is 2.31. The molecule has 0 fully saturated rings. The summed E-state index contributed by atoms with van der Waals surface area (Å²) in [5.74, 6) is -0.156. The van der Waals surface area contributed by atoms with Gasteiger partial charge in [0.2, 0.25) is 5.91 Å². The minimum Gasteiger partial charge on any atom is -0.334 e. The predicted molar refractivity (Wildman–Crippen MR) is 92.2 cm³/mol. The van der Waals surface area contributed by atoms with E-state index in [4.69, 9.17) is 0 Å². The van der Waals surface area contributed by atoms with Crippen LogP contribution in [-0.4, -0.2) is 11.9 Å². The number of hydrogen-bond donors (Lipinski definition) is 3. The van der Waals surface area contributed by atoms with Crippen molar-refractivity contribution in [2.75, 3.05) is 10.6 Å². The number of amides is 3. The second-order valence-corrected chi connectivity index (χ2v) is 5.52. The normalized spacial score (nSPS) is 10.2. The Labute approximate surface area is 136 Å². The molecule has 2 aromatic rings. The molecule has 0 heterocycles. The summed E-state index contributed by atoms with van der Waals surface area (Å²) < 4.78 is 0. The van der Waals surface area contributed by atoms with Gasteiger partial charge < -0.3 is 16.0 Å². The van der Waals surface area contributed by atoms with Crippen LogP contribution in [0.3, 0.4) is 0 Å². The molecule has 0 aliphatic carbocycles. The van der Waals surface area contributed by atoms with Crippen molar-refractivity contribution in [3.05, 3.63) is 60.2 Å². The zero-order valence-electron chi connectivity index (χ0n) is 13.3. The number of urea groups is 1. The Bertz CT molecular complexity index is 669. The lowest BCUT2D eigenvalue weighted by molar-refractivity contribution is -0.118. The lowest BCUT2D eigenvalue weighted by Gasteiger charge is -2.11. The summed E-state index contributed by atoms with van der Waals surface area (Å²) >= 11 is 0. The van der Waals surface area contributed by atoms with Crippen LogP contribution in [0.25, 0.3) is 0 Å². The van der Waals surface area contributed by atoms with E-state index in [1.807, 2.05) is 44.2 Å². The van der Waals surface area contributed by atoms with Gasteiger partial charge in [-0.05, 0) is 23.8 Å². The summed E-state index contributed by atoms with van der Waals surface area (Å²) in [4.78, 5) is 23.6. The molecule has 120 valence electrons. The number of carbonyl (C=O) groups excluding carboxylic acids is 2. The summed E-state index contributed by atoms with van der Waals surface area (Å²) in [6.45, 7) is 4.11. The van der Waals surface area contributed by atoms with Gasteiger partial charge in [-0.25, -0.2) is 4.79 Å². The van der Waals surface area contributed by atoms with E-state index in [1.54, 1.807) is 24.3 Å². The van der Waals surface area contributed by atoms with E-state index in [0.29, 0.717) is 17.9 Å². The number of benzene rings is 2. The molecule has 2 aromatic carbocycles. The first-order valence-corrected chi connectivity index (χ1v) is 7.54. The Morgan fingerprint density at radius 3 is 2.22 bits per heavy atom. The zero-order chi connectivity index (χ0) is 16.7. The smallest absolute Gasteiger partial charge is 0.319 e. The van der Waals surface area contributed by atoms with Gasteiger partial charge in [0.05, 0.1) is 0 Å². The molecule has 5 heteroatoms. The topological polar surface area (TPSA) is 70.2 Å².